The van der Waals surface area contributed by atoms with E-state index in [2.05, 4.69) is 31.9 Å². The van der Waals surface area contributed by atoms with Crippen LogP contribution in [0.15, 0.2) is 18.5 Å². The second-order valence-electron chi connectivity index (χ2n) is 3.42. The van der Waals surface area contributed by atoms with Crippen molar-refractivity contribution in [2.45, 2.75) is 18.7 Å². The Morgan fingerprint density at radius 1 is 1.42 bits per heavy atom. The van der Waals surface area contributed by atoms with Gasteiger partial charge in [-0.2, -0.15) is 4.31 Å². The zero-order valence-electron chi connectivity index (χ0n) is 10.4. The highest BCUT2D eigenvalue weighted by Crippen LogP contribution is 2.36. The number of carbonyl (C=O) groups is 1. The third-order valence-corrected chi connectivity index (χ3v) is 6.88. The highest BCUT2D eigenvalue weighted by molar-refractivity contribution is 9.12. The van der Waals surface area contributed by atoms with Gasteiger partial charge in [-0.15, -0.1) is 11.3 Å². The standard InChI is InChI=1S/C10H13Br2NO4S2/c1-3-13(6-9(14)17-4-2)19(15,16)7-5-8(11)18-10(7)12/h5H,3-4,6H2,1-2H3. The lowest BCUT2D eigenvalue weighted by atomic mass is 10.6. The molecule has 0 amide bonds. The van der Waals surface area contributed by atoms with Crippen molar-refractivity contribution in [3.8, 4) is 0 Å². The Bertz CT molecular complexity index is 556. The molecule has 0 aliphatic heterocycles. The van der Waals surface area contributed by atoms with E-state index in [-0.39, 0.29) is 24.6 Å². The molecule has 0 aliphatic rings. The maximum Gasteiger partial charge on any atom is 0.321 e. The molecule has 0 bridgehead atoms. The van der Waals surface area contributed by atoms with Crippen molar-refractivity contribution in [1.82, 2.24) is 4.31 Å². The highest BCUT2D eigenvalue weighted by atomic mass is 79.9. The fourth-order valence-corrected chi connectivity index (χ4v) is 6.51. The highest BCUT2D eigenvalue weighted by Gasteiger charge is 2.29. The van der Waals surface area contributed by atoms with Crippen LogP contribution in [0.1, 0.15) is 13.8 Å². The fraction of sp³-hybridized carbons (Fsp3) is 0.500. The maximum atomic E-state index is 12.4. The summed E-state index contributed by atoms with van der Waals surface area (Å²) in [5.74, 6) is -0.557. The van der Waals surface area contributed by atoms with E-state index in [1.165, 1.54) is 17.4 Å². The summed E-state index contributed by atoms with van der Waals surface area (Å²) in [6.45, 7) is 3.49. The average molecular weight is 435 g/mol. The molecule has 9 heteroatoms. The quantitative estimate of drug-likeness (QED) is 0.645. The van der Waals surface area contributed by atoms with E-state index in [1.54, 1.807) is 13.8 Å². The average Bonchev–Trinajstić information content (AvgIpc) is 2.66. The van der Waals surface area contributed by atoms with Crippen LogP contribution in [0.25, 0.3) is 0 Å². The first kappa shape index (κ1) is 17.1. The molecule has 0 radical (unpaired) electrons. The smallest absolute Gasteiger partial charge is 0.321 e. The molecular formula is C10H13Br2NO4S2. The Balaban J connectivity index is 3.02. The Hall–Kier alpha value is 0.0400. The number of sulfonamides is 1. The number of hydrogen-bond acceptors (Lipinski definition) is 5. The summed E-state index contributed by atoms with van der Waals surface area (Å²) in [7, 11) is -3.71. The van der Waals surface area contributed by atoms with Gasteiger partial charge in [0.2, 0.25) is 10.0 Å². The third-order valence-electron chi connectivity index (χ3n) is 2.21. The van der Waals surface area contributed by atoms with Crippen LogP contribution in [-0.4, -0.2) is 38.4 Å². The van der Waals surface area contributed by atoms with Crippen LogP contribution in [0.3, 0.4) is 0 Å². The fourth-order valence-electron chi connectivity index (χ4n) is 1.36. The SMILES string of the molecule is CCOC(=O)CN(CC)S(=O)(=O)c1cc(Br)sc1Br. The summed E-state index contributed by atoms with van der Waals surface area (Å²) < 4.78 is 31.9. The lowest BCUT2D eigenvalue weighted by Crippen LogP contribution is -2.36. The van der Waals surface area contributed by atoms with Crippen LogP contribution in [0.5, 0.6) is 0 Å². The Labute approximate surface area is 133 Å². The second kappa shape index (κ2) is 7.16. The topological polar surface area (TPSA) is 63.7 Å². The molecule has 0 saturated heterocycles. The van der Waals surface area contributed by atoms with E-state index in [1.807, 2.05) is 0 Å². The molecule has 0 aliphatic carbocycles. The van der Waals surface area contributed by atoms with Gasteiger partial charge in [-0.25, -0.2) is 8.42 Å². The van der Waals surface area contributed by atoms with Crippen molar-refractivity contribution < 1.29 is 17.9 Å². The zero-order valence-corrected chi connectivity index (χ0v) is 15.2. The van der Waals surface area contributed by atoms with Gasteiger partial charge in [0.25, 0.3) is 0 Å². The molecule has 1 rings (SSSR count). The van der Waals surface area contributed by atoms with Crippen molar-refractivity contribution in [2.24, 2.45) is 0 Å². The number of hydrogen-bond donors (Lipinski definition) is 0. The van der Waals surface area contributed by atoms with Gasteiger partial charge in [0.05, 0.1) is 14.2 Å². The number of esters is 1. The molecule has 0 N–H and O–H groups in total. The first-order valence-corrected chi connectivity index (χ1v) is 9.27. The monoisotopic (exact) mass is 433 g/mol. The van der Waals surface area contributed by atoms with Crippen molar-refractivity contribution >= 4 is 59.2 Å². The molecule has 108 valence electrons. The van der Waals surface area contributed by atoms with Gasteiger partial charge in [-0.05, 0) is 44.8 Å². The number of rotatable bonds is 6. The van der Waals surface area contributed by atoms with Gasteiger partial charge in [0.1, 0.15) is 11.4 Å². The van der Waals surface area contributed by atoms with Gasteiger partial charge in [0, 0.05) is 6.54 Å². The van der Waals surface area contributed by atoms with Gasteiger partial charge in [-0.1, -0.05) is 6.92 Å². The summed E-state index contributed by atoms with van der Waals surface area (Å²) in [5.41, 5.74) is 0. The predicted molar refractivity (Wildman–Crippen MR) is 80.8 cm³/mol. The Kier molecular flexibility index (Phi) is 6.44. The summed E-state index contributed by atoms with van der Waals surface area (Å²) in [6.07, 6.45) is 0. The van der Waals surface area contributed by atoms with Crippen LogP contribution in [0, 0.1) is 0 Å². The number of nitrogens with zero attached hydrogens (tertiary/aromatic N) is 1. The zero-order chi connectivity index (χ0) is 14.6. The molecular weight excluding hydrogens is 422 g/mol. The Morgan fingerprint density at radius 3 is 2.47 bits per heavy atom. The normalized spacial score (nSPS) is 11.8. The van der Waals surface area contributed by atoms with E-state index in [0.717, 1.165) is 4.31 Å². The van der Waals surface area contributed by atoms with E-state index in [9.17, 15) is 13.2 Å². The lowest BCUT2D eigenvalue weighted by Gasteiger charge is -2.18. The number of thiophene rings is 1. The number of ether oxygens (including phenoxy) is 1. The minimum absolute atomic E-state index is 0.149. The van der Waals surface area contributed by atoms with Gasteiger partial charge in [0.15, 0.2) is 0 Å². The van der Waals surface area contributed by atoms with Gasteiger partial charge in [-0.3, -0.25) is 4.79 Å². The van der Waals surface area contributed by atoms with Crippen LogP contribution < -0.4 is 0 Å². The number of likely N-dealkylation sites (N-methyl/N-ethyl adjacent to an activating group) is 1. The van der Waals surface area contributed by atoms with E-state index < -0.39 is 16.0 Å². The van der Waals surface area contributed by atoms with E-state index >= 15 is 0 Å². The molecule has 1 heterocycles. The molecule has 19 heavy (non-hydrogen) atoms. The lowest BCUT2D eigenvalue weighted by molar-refractivity contribution is -0.143. The van der Waals surface area contributed by atoms with E-state index in [4.69, 9.17) is 4.74 Å². The molecule has 0 atom stereocenters. The molecule has 1 aromatic rings. The van der Waals surface area contributed by atoms with Crippen LogP contribution in [-0.2, 0) is 19.6 Å². The minimum Gasteiger partial charge on any atom is -0.465 e. The van der Waals surface area contributed by atoms with Gasteiger partial charge < -0.3 is 4.74 Å². The predicted octanol–water partition coefficient (Wildman–Crippen LogP) is 2.85. The first-order valence-electron chi connectivity index (χ1n) is 5.43. The van der Waals surface area contributed by atoms with Crippen LogP contribution >= 0.6 is 43.2 Å². The molecule has 0 unspecified atom stereocenters. The van der Waals surface area contributed by atoms with Crippen LogP contribution in [0.2, 0.25) is 0 Å². The second-order valence-corrected chi connectivity index (χ2v) is 9.08. The van der Waals surface area contributed by atoms with Crippen molar-refractivity contribution in [3.63, 3.8) is 0 Å². The van der Waals surface area contributed by atoms with Crippen molar-refractivity contribution in [2.75, 3.05) is 19.7 Å². The maximum absolute atomic E-state index is 12.4. The minimum atomic E-state index is -3.71. The molecule has 0 aromatic carbocycles. The number of carbonyl (C=O) groups excluding carboxylic acids is 1. The summed E-state index contributed by atoms with van der Waals surface area (Å²) in [4.78, 5) is 11.6. The van der Waals surface area contributed by atoms with Crippen LogP contribution in [0.4, 0.5) is 0 Å². The first-order chi connectivity index (χ1) is 8.82. The third kappa shape index (κ3) is 4.25. The molecule has 5 nitrogen and oxygen atoms in total. The molecule has 0 spiro atoms. The molecule has 0 fully saturated rings. The summed E-state index contributed by atoms with van der Waals surface area (Å²) in [5, 5.41) is 0. The van der Waals surface area contributed by atoms with Crippen molar-refractivity contribution in [3.05, 3.63) is 13.6 Å². The molecule has 0 saturated carbocycles. The largest absolute Gasteiger partial charge is 0.465 e. The Morgan fingerprint density at radius 2 is 2.05 bits per heavy atom. The van der Waals surface area contributed by atoms with Gasteiger partial charge >= 0.3 is 5.97 Å². The summed E-state index contributed by atoms with van der Waals surface area (Å²) in [6, 6.07) is 1.51. The van der Waals surface area contributed by atoms with E-state index in [0.29, 0.717) is 7.57 Å². The number of halogens is 2. The van der Waals surface area contributed by atoms with Crippen molar-refractivity contribution in [1.29, 1.82) is 0 Å². The summed E-state index contributed by atoms with van der Waals surface area (Å²) >= 11 is 7.71. The molecule has 1 aromatic heterocycles.